The molecule has 4 saturated carbocycles. The van der Waals surface area contributed by atoms with E-state index in [1.807, 2.05) is 24.3 Å². The van der Waals surface area contributed by atoms with Crippen molar-refractivity contribution in [1.29, 1.82) is 0 Å². The molecule has 1 aromatic rings. The first-order valence-electron chi connectivity index (χ1n) is 8.71. The molecule has 2 nitrogen and oxygen atoms in total. The van der Waals surface area contributed by atoms with Gasteiger partial charge in [0.05, 0.1) is 0 Å². The number of hydrogen-bond donors (Lipinski definition) is 1. The van der Waals surface area contributed by atoms with E-state index in [0.29, 0.717) is 12.5 Å². The van der Waals surface area contributed by atoms with Gasteiger partial charge in [-0.15, -0.1) is 0 Å². The standard InChI is InChI=1S/C19H24ClNO/c20-17-3-1-2-12(11-17)4-5-18(22)21-19-15-7-13-6-14(9-15)10-16(19)8-13/h1-3,11,13-16,19H,4-10H2,(H,21,22). The Balaban J connectivity index is 1.32. The molecule has 5 rings (SSSR count). The largest absolute Gasteiger partial charge is 0.353 e. The molecule has 0 atom stereocenters. The summed E-state index contributed by atoms with van der Waals surface area (Å²) < 4.78 is 0. The Morgan fingerprint density at radius 3 is 2.41 bits per heavy atom. The first-order valence-corrected chi connectivity index (χ1v) is 9.09. The number of rotatable bonds is 4. The molecule has 1 amide bonds. The quantitative estimate of drug-likeness (QED) is 0.885. The van der Waals surface area contributed by atoms with Crippen LogP contribution in [0.4, 0.5) is 0 Å². The third kappa shape index (κ3) is 2.90. The zero-order valence-electron chi connectivity index (χ0n) is 12.9. The van der Waals surface area contributed by atoms with Gasteiger partial charge in [-0.2, -0.15) is 0 Å². The number of hydrogen-bond acceptors (Lipinski definition) is 1. The van der Waals surface area contributed by atoms with E-state index in [2.05, 4.69) is 5.32 Å². The Labute approximate surface area is 137 Å². The number of nitrogens with one attached hydrogen (secondary N) is 1. The van der Waals surface area contributed by atoms with Gasteiger partial charge in [0.1, 0.15) is 0 Å². The highest BCUT2D eigenvalue weighted by Gasteiger charge is 2.48. The van der Waals surface area contributed by atoms with Gasteiger partial charge in [0.15, 0.2) is 0 Å². The van der Waals surface area contributed by atoms with E-state index in [1.54, 1.807) is 0 Å². The molecule has 118 valence electrons. The smallest absolute Gasteiger partial charge is 0.220 e. The fourth-order valence-corrected chi connectivity index (χ4v) is 5.58. The van der Waals surface area contributed by atoms with Gasteiger partial charge in [0, 0.05) is 17.5 Å². The second kappa shape index (κ2) is 5.88. The number of halogens is 1. The van der Waals surface area contributed by atoms with Gasteiger partial charge < -0.3 is 5.32 Å². The summed E-state index contributed by atoms with van der Waals surface area (Å²) in [7, 11) is 0. The molecular formula is C19H24ClNO. The third-order valence-corrected chi connectivity index (χ3v) is 6.32. The molecule has 0 heterocycles. The van der Waals surface area contributed by atoms with Crippen molar-refractivity contribution in [3.63, 3.8) is 0 Å². The van der Waals surface area contributed by atoms with E-state index >= 15 is 0 Å². The molecule has 1 N–H and O–H groups in total. The molecule has 3 heteroatoms. The number of aryl methyl sites for hydroxylation is 1. The van der Waals surface area contributed by atoms with Crippen molar-refractivity contribution in [2.45, 2.75) is 51.0 Å². The van der Waals surface area contributed by atoms with Crippen LogP contribution in [0.5, 0.6) is 0 Å². The molecule has 0 aliphatic heterocycles. The summed E-state index contributed by atoms with van der Waals surface area (Å²) in [6.07, 6.45) is 8.22. The minimum Gasteiger partial charge on any atom is -0.353 e. The zero-order chi connectivity index (χ0) is 15.1. The Morgan fingerprint density at radius 2 is 1.77 bits per heavy atom. The maximum atomic E-state index is 12.3. The average molecular weight is 318 g/mol. The summed E-state index contributed by atoms with van der Waals surface area (Å²) in [6.45, 7) is 0. The van der Waals surface area contributed by atoms with Crippen molar-refractivity contribution < 1.29 is 4.79 Å². The van der Waals surface area contributed by atoms with Crippen LogP contribution in [0.3, 0.4) is 0 Å². The average Bonchev–Trinajstić information content (AvgIpc) is 2.48. The Kier molecular flexibility index (Phi) is 3.89. The predicted octanol–water partition coefficient (Wildman–Crippen LogP) is 4.21. The second-order valence-corrected chi connectivity index (χ2v) is 8.09. The fraction of sp³-hybridized carbons (Fsp3) is 0.632. The highest BCUT2D eigenvalue weighted by Crippen LogP contribution is 2.53. The van der Waals surface area contributed by atoms with E-state index in [4.69, 9.17) is 11.6 Å². The first kappa shape index (κ1) is 14.6. The topological polar surface area (TPSA) is 29.1 Å². The highest BCUT2D eigenvalue weighted by molar-refractivity contribution is 6.30. The highest BCUT2D eigenvalue weighted by atomic mass is 35.5. The van der Waals surface area contributed by atoms with Crippen LogP contribution in [0.15, 0.2) is 24.3 Å². The van der Waals surface area contributed by atoms with Crippen molar-refractivity contribution in [2.24, 2.45) is 23.7 Å². The molecule has 0 saturated heterocycles. The molecule has 4 bridgehead atoms. The van der Waals surface area contributed by atoms with E-state index in [9.17, 15) is 4.79 Å². The van der Waals surface area contributed by atoms with Gasteiger partial charge in [0.25, 0.3) is 0 Å². The fourth-order valence-electron chi connectivity index (χ4n) is 5.37. The van der Waals surface area contributed by atoms with Crippen molar-refractivity contribution in [3.05, 3.63) is 34.9 Å². The van der Waals surface area contributed by atoms with E-state index in [0.717, 1.165) is 40.7 Å². The third-order valence-electron chi connectivity index (χ3n) is 6.08. The van der Waals surface area contributed by atoms with Crippen LogP contribution in [-0.2, 0) is 11.2 Å². The van der Waals surface area contributed by atoms with Crippen molar-refractivity contribution in [2.75, 3.05) is 0 Å². The molecule has 22 heavy (non-hydrogen) atoms. The molecule has 4 aliphatic carbocycles. The Morgan fingerprint density at radius 1 is 1.09 bits per heavy atom. The first-order chi connectivity index (χ1) is 10.7. The van der Waals surface area contributed by atoms with Crippen molar-refractivity contribution in [1.82, 2.24) is 5.32 Å². The molecule has 4 fully saturated rings. The van der Waals surface area contributed by atoms with Crippen LogP contribution in [0.2, 0.25) is 5.02 Å². The summed E-state index contributed by atoms with van der Waals surface area (Å²) in [4.78, 5) is 12.3. The zero-order valence-corrected chi connectivity index (χ0v) is 13.7. The summed E-state index contributed by atoms with van der Waals surface area (Å²) in [5, 5.41) is 4.12. The molecule has 0 aromatic heterocycles. The molecule has 0 unspecified atom stereocenters. The van der Waals surface area contributed by atoms with E-state index < -0.39 is 0 Å². The molecule has 1 aromatic carbocycles. The van der Waals surface area contributed by atoms with Gasteiger partial charge in [-0.05, 0) is 79.9 Å². The van der Waals surface area contributed by atoms with Crippen LogP contribution >= 0.6 is 11.6 Å². The summed E-state index contributed by atoms with van der Waals surface area (Å²) in [5.41, 5.74) is 1.15. The van der Waals surface area contributed by atoms with E-state index in [1.165, 1.54) is 32.1 Å². The van der Waals surface area contributed by atoms with Gasteiger partial charge in [-0.3, -0.25) is 4.79 Å². The minimum absolute atomic E-state index is 0.220. The van der Waals surface area contributed by atoms with Crippen LogP contribution in [0, 0.1) is 23.7 Å². The lowest BCUT2D eigenvalue weighted by molar-refractivity contribution is -0.125. The van der Waals surface area contributed by atoms with Crippen LogP contribution in [0.25, 0.3) is 0 Å². The summed E-state index contributed by atoms with van der Waals surface area (Å²) in [5.74, 6) is 3.65. The SMILES string of the molecule is O=C(CCc1cccc(Cl)c1)NC1C2CC3CC(C2)CC1C3. The normalized spacial score (nSPS) is 35.6. The van der Waals surface area contributed by atoms with Crippen molar-refractivity contribution >= 4 is 17.5 Å². The predicted molar refractivity (Wildman–Crippen MR) is 88.7 cm³/mol. The summed E-state index contributed by atoms with van der Waals surface area (Å²) >= 11 is 6.00. The van der Waals surface area contributed by atoms with E-state index in [-0.39, 0.29) is 5.91 Å². The monoisotopic (exact) mass is 317 g/mol. The molecular weight excluding hydrogens is 294 g/mol. The number of carbonyl (C=O) groups is 1. The van der Waals surface area contributed by atoms with Crippen LogP contribution in [0.1, 0.15) is 44.1 Å². The lowest BCUT2D eigenvalue weighted by Crippen LogP contribution is -2.55. The minimum atomic E-state index is 0.220. The molecule has 4 aliphatic rings. The second-order valence-electron chi connectivity index (χ2n) is 7.65. The van der Waals surface area contributed by atoms with Crippen LogP contribution in [-0.4, -0.2) is 11.9 Å². The van der Waals surface area contributed by atoms with Gasteiger partial charge in [0.2, 0.25) is 5.91 Å². The Bertz CT molecular complexity index is 542. The number of amides is 1. The van der Waals surface area contributed by atoms with Crippen molar-refractivity contribution in [3.8, 4) is 0 Å². The number of carbonyl (C=O) groups excluding carboxylic acids is 1. The maximum absolute atomic E-state index is 12.3. The van der Waals surface area contributed by atoms with Gasteiger partial charge in [-0.1, -0.05) is 23.7 Å². The lowest BCUT2D eigenvalue weighted by Gasteiger charge is -2.54. The van der Waals surface area contributed by atoms with Gasteiger partial charge >= 0.3 is 0 Å². The van der Waals surface area contributed by atoms with Gasteiger partial charge in [-0.25, -0.2) is 0 Å². The number of benzene rings is 1. The Hall–Kier alpha value is -1.02. The molecule has 0 radical (unpaired) electrons. The summed E-state index contributed by atoms with van der Waals surface area (Å²) in [6, 6.07) is 8.28. The molecule has 0 spiro atoms. The maximum Gasteiger partial charge on any atom is 0.220 e. The lowest BCUT2D eigenvalue weighted by atomic mass is 9.54. The van der Waals surface area contributed by atoms with Crippen LogP contribution < -0.4 is 5.32 Å².